The molecule has 10 heteroatoms. The first kappa shape index (κ1) is 21.7. The van der Waals surface area contributed by atoms with E-state index in [-0.39, 0.29) is 35.9 Å². The fourth-order valence-corrected chi connectivity index (χ4v) is 3.13. The van der Waals surface area contributed by atoms with Gasteiger partial charge in [-0.2, -0.15) is 0 Å². The lowest BCUT2D eigenvalue weighted by Gasteiger charge is -2.31. The van der Waals surface area contributed by atoms with Crippen LogP contribution in [0.5, 0.6) is 0 Å². The van der Waals surface area contributed by atoms with Gasteiger partial charge in [0.2, 0.25) is 0 Å². The first-order valence-corrected chi connectivity index (χ1v) is 9.02. The maximum absolute atomic E-state index is 12.7. The zero-order valence-corrected chi connectivity index (χ0v) is 16.7. The summed E-state index contributed by atoms with van der Waals surface area (Å²) in [5.41, 5.74) is -0.399. The van der Waals surface area contributed by atoms with Gasteiger partial charge in [-0.1, -0.05) is 30.3 Å². The Balaban J connectivity index is 2.12. The molecule has 0 saturated carbocycles. The molecule has 0 fully saturated rings. The molecule has 0 radical (unpaired) electrons. The predicted molar refractivity (Wildman–Crippen MR) is 107 cm³/mol. The average Bonchev–Trinajstić information content (AvgIpc) is 2.82. The minimum Gasteiger partial charge on any atom is -0.466 e. The van der Waals surface area contributed by atoms with Gasteiger partial charge in [0.05, 0.1) is 31.3 Å². The van der Waals surface area contributed by atoms with Crippen molar-refractivity contribution in [1.29, 1.82) is 0 Å². The molecule has 2 aromatic rings. The molecule has 31 heavy (non-hydrogen) atoms. The van der Waals surface area contributed by atoms with E-state index in [1.807, 2.05) is 0 Å². The molecular weight excluding hydrogens is 408 g/mol. The summed E-state index contributed by atoms with van der Waals surface area (Å²) in [4.78, 5) is 49.5. The first-order chi connectivity index (χ1) is 14.9. The lowest BCUT2D eigenvalue weighted by atomic mass is 10.0. The van der Waals surface area contributed by atoms with Gasteiger partial charge in [-0.3, -0.25) is 14.9 Å². The molecule has 1 aliphatic rings. The third kappa shape index (κ3) is 4.28. The Morgan fingerprint density at radius 1 is 1.00 bits per heavy atom. The molecule has 10 nitrogen and oxygen atoms in total. The number of esters is 2. The number of rotatable bonds is 6. The molecule has 0 saturated heterocycles. The second-order valence-electron chi connectivity index (χ2n) is 6.37. The van der Waals surface area contributed by atoms with Crippen molar-refractivity contribution >= 4 is 29.1 Å². The van der Waals surface area contributed by atoms with Gasteiger partial charge in [0.15, 0.2) is 5.78 Å². The standard InChI is InChI=1S/C21H18N2O8/c1-29-20(25)15-11-31-12-22(18(15)21(26)30-2)16-9-8-14(10-17(16)23(27)28)19(24)13-6-4-3-5-7-13/h3-10H,11-12H2,1-2H3. The van der Waals surface area contributed by atoms with Crippen LogP contribution in [0.15, 0.2) is 59.8 Å². The minimum absolute atomic E-state index is 0.0453. The number of anilines is 1. The highest BCUT2D eigenvalue weighted by Gasteiger charge is 2.35. The van der Waals surface area contributed by atoms with Gasteiger partial charge in [0, 0.05) is 17.2 Å². The van der Waals surface area contributed by atoms with Crippen LogP contribution in [-0.2, 0) is 23.8 Å². The van der Waals surface area contributed by atoms with E-state index in [1.54, 1.807) is 30.3 Å². The van der Waals surface area contributed by atoms with Crippen molar-refractivity contribution in [2.45, 2.75) is 0 Å². The summed E-state index contributed by atoms with van der Waals surface area (Å²) in [5, 5.41) is 11.8. The Labute approximate surface area is 176 Å². The summed E-state index contributed by atoms with van der Waals surface area (Å²) in [6, 6.07) is 12.2. The number of hydrogen-bond acceptors (Lipinski definition) is 9. The van der Waals surface area contributed by atoms with Crippen molar-refractivity contribution in [2.75, 3.05) is 32.5 Å². The van der Waals surface area contributed by atoms with Gasteiger partial charge in [0.1, 0.15) is 18.1 Å². The summed E-state index contributed by atoms with van der Waals surface area (Å²) in [6.07, 6.45) is 0. The number of ketones is 1. The van der Waals surface area contributed by atoms with Crippen LogP contribution in [0, 0.1) is 10.1 Å². The fraction of sp³-hybridized carbons (Fsp3) is 0.190. The van der Waals surface area contributed by atoms with E-state index in [4.69, 9.17) is 9.47 Å². The average molecular weight is 426 g/mol. The molecule has 0 bridgehead atoms. The molecule has 0 spiro atoms. The largest absolute Gasteiger partial charge is 0.466 e. The maximum atomic E-state index is 12.7. The summed E-state index contributed by atoms with van der Waals surface area (Å²) in [7, 11) is 2.25. The molecule has 2 aromatic carbocycles. The van der Waals surface area contributed by atoms with Crippen molar-refractivity contribution in [3.8, 4) is 0 Å². The summed E-state index contributed by atoms with van der Waals surface area (Å²) >= 11 is 0. The topological polar surface area (TPSA) is 125 Å². The van der Waals surface area contributed by atoms with Gasteiger partial charge in [0.25, 0.3) is 5.69 Å². The summed E-state index contributed by atoms with van der Waals surface area (Å²) in [6.45, 7) is -0.482. The van der Waals surface area contributed by atoms with Crippen LogP contribution in [0.3, 0.4) is 0 Å². The number of nitrogens with zero attached hydrogens (tertiary/aromatic N) is 2. The molecular formula is C21H18N2O8. The van der Waals surface area contributed by atoms with Crippen molar-refractivity contribution in [1.82, 2.24) is 0 Å². The normalized spacial score (nSPS) is 13.5. The van der Waals surface area contributed by atoms with E-state index in [1.165, 1.54) is 12.1 Å². The lowest BCUT2D eigenvalue weighted by Crippen LogP contribution is -2.39. The predicted octanol–water partition coefficient (Wildman–Crippen LogP) is 2.22. The summed E-state index contributed by atoms with van der Waals surface area (Å²) in [5.74, 6) is -2.12. The number of methoxy groups -OCH3 is 2. The molecule has 0 atom stereocenters. The molecule has 0 amide bonds. The number of nitro groups is 1. The molecule has 1 aliphatic heterocycles. The highest BCUT2D eigenvalue weighted by Crippen LogP contribution is 2.35. The highest BCUT2D eigenvalue weighted by atomic mass is 16.6. The maximum Gasteiger partial charge on any atom is 0.355 e. The summed E-state index contributed by atoms with van der Waals surface area (Å²) < 4.78 is 14.8. The van der Waals surface area contributed by atoms with Gasteiger partial charge >= 0.3 is 11.9 Å². The van der Waals surface area contributed by atoms with E-state index < -0.39 is 28.3 Å². The Hall–Kier alpha value is -4.05. The number of nitro benzene ring substituents is 1. The zero-order chi connectivity index (χ0) is 22.5. The SMILES string of the molecule is COC(=O)C1=C(C(=O)OC)N(c2ccc(C(=O)c3ccccc3)cc2[N+](=O)[O-])COC1. The number of carbonyl (C=O) groups is 3. The molecule has 0 N–H and O–H groups in total. The van der Waals surface area contributed by atoms with E-state index in [2.05, 4.69) is 4.74 Å². The second-order valence-corrected chi connectivity index (χ2v) is 6.37. The van der Waals surface area contributed by atoms with Gasteiger partial charge < -0.3 is 19.1 Å². The molecule has 0 aromatic heterocycles. The zero-order valence-electron chi connectivity index (χ0n) is 16.7. The van der Waals surface area contributed by atoms with Crippen LogP contribution >= 0.6 is 0 Å². The number of benzene rings is 2. The van der Waals surface area contributed by atoms with Crippen LogP contribution < -0.4 is 4.90 Å². The van der Waals surface area contributed by atoms with Crippen LogP contribution in [0.1, 0.15) is 15.9 Å². The van der Waals surface area contributed by atoms with Crippen molar-refractivity contribution < 1.29 is 33.5 Å². The van der Waals surface area contributed by atoms with Crippen LogP contribution in [0.4, 0.5) is 11.4 Å². The third-order valence-corrected chi connectivity index (χ3v) is 4.59. The Morgan fingerprint density at radius 2 is 1.68 bits per heavy atom. The molecule has 0 unspecified atom stereocenters. The van der Waals surface area contributed by atoms with Crippen LogP contribution in [0.2, 0.25) is 0 Å². The van der Waals surface area contributed by atoms with Crippen molar-refractivity contribution in [2.24, 2.45) is 0 Å². The Morgan fingerprint density at radius 3 is 2.29 bits per heavy atom. The van der Waals surface area contributed by atoms with Gasteiger partial charge in [-0.05, 0) is 12.1 Å². The number of hydrogen-bond donors (Lipinski definition) is 0. The van der Waals surface area contributed by atoms with Crippen LogP contribution in [0.25, 0.3) is 0 Å². The van der Waals surface area contributed by atoms with Gasteiger partial charge in [-0.25, -0.2) is 9.59 Å². The van der Waals surface area contributed by atoms with E-state index in [9.17, 15) is 24.5 Å². The highest BCUT2D eigenvalue weighted by molar-refractivity contribution is 6.10. The monoisotopic (exact) mass is 426 g/mol. The Kier molecular flexibility index (Phi) is 6.41. The van der Waals surface area contributed by atoms with Crippen molar-refractivity contribution in [3.63, 3.8) is 0 Å². The first-order valence-electron chi connectivity index (χ1n) is 9.02. The van der Waals surface area contributed by atoms with Crippen LogP contribution in [-0.4, -0.2) is 50.2 Å². The smallest absolute Gasteiger partial charge is 0.355 e. The number of ether oxygens (including phenoxy) is 3. The van der Waals surface area contributed by atoms with E-state index in [0.717, 1.165) is 25.2 Å². The van der Waals surface area contributed by atoms with Crippen molar-refractivity contribution in [3.05, 3.63) is 81.0 Å². The molecule has 1 heterocycles. The second kappa shape index (κ2) is 9.18. The third-order valence-electron chi connectivity index (χ3n) is 4.59. The molecule has 160 valence electrons. The Bertz CT molecular complexity index is 1080. The number of carbonyl (C=O) groups excluding carboxylic acids is 3. The van der Waals surface area contributed by atoms with Gasteiger partial charge in [-0.15, -0.1) is 0 Å². The van der Waals surface area contributed by atoms with E-state index >= 15 is 0 Å². The minimum atomic E-state index is -0.887. The van der Waals surface area contributed by atoms with E-state index in [0.29, 0.717) is 5.56 Å². The molecule has 0 aliphatic carbocycles. The lowest BCUT2D eigenvalue weighted by molar-refractivity contribution is -0.384. The quantitative estimate of drug-likeness (QED) is 0.296. The molecule has 3 rings (SSSR count). The fourth-order valence-electron chi connectivity index (χ4n) is 3.13.